The SMILES string of the molecule is CCN(CCCCO)Cc1ccccc1C. The number of aryl methyl sites for hydroxylation is 1. The molecule has 0 heterocycles. The normalized spacial score (nSPS) is 11.0. The van der Waals surface area contributed by atoms with Crippen molar-refractivity contribution >= 4 is 0 Å². The Morgan fingerprint density at radius 1 is 1.19 bits per heavy atom. The Bertz CT molecular complexity index is 299. The molecule has 2 nitrogen and oxygen atoms in total. The van der Waals surface area contributed by atoms with Gasteiger partial charge in [-0.25, -0.2) is 0 Å². The number of nitrogens with zero attached hydrogens (tertiary/aromatic N) is 1. The molecule has 2 heteroatoms. The van der Waals surface area contributed by atoms with Crippen LogP contribution in [0.3, 0.4) is 0 Å². The average molecular weight is 221 g/mol. The summed E-state index contributed by atoms with van der Waals surface area (Å²) in [4.78, 5) is 2.43. The summed E-state index contributed by atoms with van der Waals surface area (Å²) in [6, 6.07) is 8.55. The van der Waals surface area contributed by atoms with Crippen LogP contribution in [0.1, 0.15) is 30.9 Å². The van der Waals surface area contributed by atoms with Crippen LogP contribution < -0.4 is 0 Å². The number of benzene rings is 1. The number of aliphatic hydroxyl groups excluding tert-OH is 1. The van der Waals surface area contributed by atoms with Crippen molar-refractivity contribution in [3.8, 4) is 0 Å². The zero-order chi connectivity index (χ0) is 11.8. The lowest BCUT2D eigenvalue weighted by atomic mass is 10.1. The molecule has 0 amide bonds. The zero-order valence-corrected chi connectivity index (χ0v) is 10.4. The topological polar surface area (TPSA) is 23.5 Å². The van der Waals surface area contributed by atoms with Gasteiger partial charge in [0.05, 0.1) is 0 Å². The molecular formula is C14H23NO. The predicted molar refractivity (Wildman–Crippen MR) is 68.4 cm³/mol. The van der Waals surface area contributed by atoms with E-state index in [0.29, 0.717) is 6.61 Å². The van der Waals surface area contributed by atoms with Gasteiger partial charge in [0.15, 0.2) is 0 Å². The maximum atomic E-state index is 8.77. The first kappa shape index (κ1) is 13.2. The average Bonchev–Trinajstić information content (AvgIpc) is 2.30. The summed E-state index contributed by atoms with van der Waals surface area (Å²) < 4.78 is 0. The molecule has 0 atom stereocenters. The van der Waals surface area contributed by atoms with Gasteiger partial charge in [0.2, 0.25) is 0 Å². The smallest absolute Gasteiger partial charge is 0.0431 e. The van der Waals surface area contributed by atoms with Gasteiger partial charge in [0.25, 0.3) is 0 Å². The van der Waals surface area contributed by atoms with Crippen molar-refractivity contribution in [2.75, 3.05) is 19.7 Å². The minimum atomic E-state index is 0.307. The van der Waals surface area contributed by atoms with Crippen molar-refractivity contribution < 1.29 is 5.11 Å². The second-order valence-electron chi connectivity index (χ2n) is 4.23. The summed E-state index contributed by atoms with van der Waals surface area (Å²) in [5, 5.41) is 8.77. The van der Waals surface area contributed by atoms with Gasteiger partial charge in [-0.05, 0) is 44.0 Å². The van der Waals surface area contributed by atoms with Crippen molar-refractivity contribution in [2.24, 2.45) is 0 Å². The van der Waals surface area contributed by atoms with E-state index in [1.807, 2.05) is 0 Å². The summed E-state index contributed by atoms with van der Waals surface area (Å²) in [6.07, 6.45) is 1.99. The number of unbranched alkanes of at least 4 members (excludes halogenated alkanes) is 1. The molecule has 0 unspecified atom stereocenters. The molecule has 0 aromatic heterocycles. The van der Waals surface area contributed by atoms with Gasteiger partial charge in [-0.2, -0.15) is 0 Å². The third kappa shape index (κ3) is 4.33. The van der Waals surface area contributed by atoms with Gasteiger partial charge in [-0.3, -0.25) is 4.90 Å². The summed E-state index contributed by atoms with van der Waals surface area (Å²) in [5.41, 5.74) is 2.77. The minimum absolute atomic E-state index is 0.307. The largest absolute Gasteiger partial charge is 0.396 e. The summed E-state index contributed by atoms with van der Waals surface area (Å²) in [6.45, 7) is 7.83. The van der Waals surface area contributed by atoms with Crippen molar-refractivity contribution in [1.82, 2.24) is 4.90 Å². The van der Waals surface area contributed by atoms with Crippen LogP contribution in [0.15, 0.2) is 24.3 Å². The first-order valence-electron chi connectivity index (χ1n) is 6.15. The maximum absolute atomic E-state index is 8.77. The van der Waals surface area contributed by atoms with Gasteiger partial charge in [0.1, 0.15) is 0 Å². The molecule has 16 heavy (non-hydrogen) atoms. The third-order valence-electron chi connectivity index (χ3n) is 2.98. The Morgan fingerprint density at radius 3 is 2.56 bits per heavy atom. The Morgan fingerprint density at radius 2 is 1.94 bits per heavy atom. The van der Waals surface area contributed by atoms with Gasteiger partial charge >= 0.3 is 0 Å². The highest BCUT2D eigenvalue weighted by Crippen LogP contribution is 2.10. The van der Waals surface area contributed by atoms with E-state index in [0.717, 1.165) is 32.5 Å². The monoisotopic (exact) mass is 221 g/mol. The fourth-order valence-electron chi connectivity index (χ4n) is 1.82. The van der Waals surface area contributed by atoms with Crippen molar-refractivity contribution in [3.63, 3.8) is 0 Å². The van der Waals surface area contributed by atoms with Crippen LogP contribution in [0, 0.1) is 6.92 Å². The van der Waals surface area contributed by atoms with Crippen LogP contribution in [-0.2, 0) is 6.54 Å². The Labute approximate surface area is 98.9 Å². The van der Waals surface area contributed by atoms with Crippen LogP contribution in [-0.4, -0.2) is 29.7 Å². The Hall–Kier alpha value is -0.860. The highest BCUT2D eigenvalue weighted by molar-refractivity contribution is 5.25. The molecule has 1 aromatic rings. The van der Waals surface area contributed by atoms with E-state index >= 15 is 0 Å². The minimum Gasteiger partial charge on any atom is -0.396 e. The van der Waals surface area contributed by atoms with Gasteiger partial charge in [0, 0.05) is 13.2 Å². The standard InChI is InChI=1S/C14H23NO/c1-3-15(10-6-7-11-16)12-14-9-5-4-8-13(14)2/h4-5,8-9,16H,3,6-7,10-12H2,1-2H3. The van der Waals surface area contributed by atoms with E-state index in [9.17, 15) is 0 Å². The molecule has 1 aromatic carbocycles. The van der Waals surface area contributed by atoms with Crippen molar-refractivity contribution in [1.29, 1.82) is 0 Å². The summed E-state index contributed by atoms with van der Waals surface area (Å²) in [7, 11) is 0. The van der Waals surface area contributed by atoms with E-state index in [4.69, 9.17) is 5.11 Å². The Balaban J connectivity index is 2.46. The molecule has 0 aliphatic carbocycles. The molecule has 1 rings (SSSR count). The van der Waals surface area contributed by atoms with Crippen molar-refractivity contribution in [3.05, 3.63) is 35.4 Å². The van der Waals surface area contributed by atoms with E-state index < -0.39 is 0 Å². The van der Waals surface area contributed by atoms with Crippen LogP contribution in [0.4, 0.5) is 0 Å². The van der Waals surface area contributed by atoms with E-state index in [1.165, 1.54) is 11.1 Å². The number of hydrogen-bond acceptors (Lipinski definition) is 2. The maximum Gasteiger partial charge on any atom is 0.0431 e. The number of rotatable bonds is 7. The second-order valence-corrected chi connectivity index (χ2v) is 4.23. The van der Waals surface area contributed by atoms with Crippen LogP contribution in [0.25, 0.3) is 0 Å². The zero-order valence-electron chi connectivity index (χ0n) is 10.4. The lowest BCUT2D eigenvalue weighted by Gasteiger charge is -2.21. The van der Waals surface area contributed by atoms with E-state index in [-0.39, 0.29) is 0 Å². The lowest BCUT2D eigenvalue weighted by Crippen LogP contribution is -2.24. The molecular weight excluding hydrogens is 198 g/mol. The van der Waals surface area contributed by atoms with E-state index in [1.54, 1.807) is 0 Å². The molecule has 0 saturated carbocycles. The van der Waals surface area contributed by atoms with E-state index in [2.05, 4.69) is 43.0 Å². The first-order valence-corrected chi connectivity index (χ1v) is 6.15. The molecule has 0 saturated heterocycles. The quantitative estimate of drug-likeness (QED) is 0.715. The summed E-state index contributed by atoms with van der Waals surface area (Å²) >= 11 is 0. The lowest BCUT2D eigenvalue weighted by molar-refractivity contribution is 0.243. The summed E-state index contributed by atoms with van der Waals surface area (Å²) in [5.74, 6) is 0. The Kier molecular flexibility index (Phi) is 6.12. The van der Waals surface area contributed by atoms with Crippen LogP contribution >= 0.6 is 0 Å². The fourth-order valence-corrected chi connectivity index (χ4v) is 1.82. The highest BCUT2D eigenvalue weighted by Gasteiger charge is 2.04. The fraction of sp³-hybridized carbons (Fsp3) is 0.571. The second kappa shape index (κ2) is 7.42. The first-order chi connectivity index (χ1) is 7.77. The van der Waals surface area contributed by atoms with Crippen molar-refractivity contribution in [2.45, 2.75) is 33.2 Å². The van der Waals surface area contributed by atoms with Gasteiger partial charge in [-0.1, -0.05) is 31.2 Å². The molecule has 0 aliphatic heterocycles. The number of aliphatic hydroxyl groups is 1. The third-order valence-corrected chi connectivity index (χ3v) is 2.98. The molecule has 90 valence electrons. The van der Waals surface area contributed by atoms with Crippen LogP contribution in [0.5, 0.6) is 0 Å². The molecule has 0 radical (unpaired) electrons. The highest BCUT2D eigenvalue weighted by atomic mass is 16.2. The molecule has 0 aliphatic rings. The molecule has 0 fully saturated rings. The van der Waals surface area contributed by atoms with Gasteiger partial charge < -0.3 is 5.11 Å². The molecule has 0 bridgehead atoms. The number of hydrogen-bond donors (Lipinski definition) is 1. The predicted octanol–water partition coefficient (Wildman–Crippen LogP) is 2.59. The van der Waals surface area contributed by atoms with Crippen LogP contribution in [0.2, 0.25) is 0 Å². The molecule has 0 spiro atoms. The molecule has 1 N–H and O–H groups in total. The van der Waals surface area contributed by atoms with Gasteiger partial charge in [-0.15, -0.1) is 0 Å².